The van der Waals surface area contributed by atoms with Gasteiger partial charge in [0, 0.05) is 74.7 Å². The zero-order chi connectivity index (χ0) is 44.5. The molecule has 4 fully saturated rings. The summed E-state index contributed by atoms with van der Waals surface area (Å²) in [5, 5.41) is 13.3. The lowest BCUT2D eigenvalue weighted by molar-refractivity contribution is -0.125. The number of nitrogens with one attached hydrogen (secondary N) is 2. The fourth-order valence-electron chi connectivity index (χ4n) is 12.6. The normalized spacial score (nSPS) is 25.9. The van der Waals surface area contributed by atoms with Gasteiger partial charge in [-0.15, -0.1) is 0 Å². The summed E-state index contributed by atoms with van der Waals surface area (Å²) in [6.45, 7) is 12.8. The number of carbonyl (C=O) groups excluding carboxylic acids is 2. The summed E-state index contributed by atoms with van der Waals surface area (Å²) in [5.41, 5.74) is 11.4. The lowest BCUT2D eigenvalue weighted by atomic mass is 9.54. The minimum absolute atomic E-state index is 0.0770. The van der Waals surface area contributed by atoms with Gasteiger partial charge in [0.05, 0.1) is 24.2 Å². The predicted octanol–water partition coefficient (Wildman–Crippen LogP) is 8.70. The van der Waals surface area contributed by atoms with Crippen LogP contribution in [0.4, 0.5) is 11.5 Å². The Balaban J connectivity index is 0.763. The summed E-state index contributed by atoms with van der Waals surface area (Å²) in [5.74, 6) is 3.61. The third-order valence-corrected chi connectivity index (χ3v) is 15.8. The third-order valence-electron chi connectivity index (χ3n) is 15.8. The maximum Gasteiger partial charge on any atom is 0.272 e. The molecule has 64 heavy (non-hydrogen) atoms. The predicted molar refractivity (Wildman–Crippen MR) is 255 cm³/mol. The van der Waals surface area contributed by atoms with E-state index >= 15 is 0 Å². The van der Waals surface area contributed by atoms with E-state index < -0.39 is 0 Å². The van der Waals surface area contributed by atoms with Crippen LogP contribution in [0.3, 0.4) is 0 Å². The molecule has 1 aliphatic heterocycles. The van der Waals surface area contributed by atoms with Gasteiger partial charge in [-0.3, -0.25) is 19.4 Å². The maximum atomic E-state index is 13.5. The summed E-state index contributed by atoms with van der Waals surface area (Å²) < 4.78 is 9.78. The molecule has 2 bridgehead atoms. The Bertz CT molecular complexity index is 2440. The van der Waals surface area contributed by atoms with E-state index in [0.717, 1.165) is 117 Å². The van der Waals surface area contributed by atoms with E-state index in [4.69, 9.17) is 20.6 Å². The number of nitrogens with two attached hydrogens (primary N) is 1. The highest BCUT2D eigenvalue weighted by Gasteiger charge is 2.44. The second-order valence-electron chi connectivity index (χ2n) is 20.2. The van der Waals surface area contributed by atoms with Crippen LogP contribution in [0.15, 0.2) is 54.9 Å². The molecule has 3 aromatic heterocycles. The van der Waals surface area contributed by atoms with Gasteiger partial charge >= 0.3 is 0 Å². The van der Waals surface area contributed by atoms with Crippen LogP contribution in [-0.4, -0.2) is 98.3 Å². The molecule has 5 atom stereocenters. The van der Waals surface area contributed by atoms with Crippen LogP contribution in [0.5, 0.6) is 5.75 Å². The molecule has 4 aliphatic rings. The molecule has 3 aliphatic carbocycles. The Labute approximate surface area is 378 Å². The van der Waals surface area contributed by atoms with E-state index in [2.05, 4.69) is 50.9 Å². The smallest absolute Gasteiger partial charge is 0.272 e. The van der Waals surface area contributed by atoms with Crippen molar-refractivity contribution in [2.75, 3.05) is 57.4 Å². The first kappa shape index (κ1) is 44.2. The Morgan fingerprint density at radius 2 is 1.75 bits per heavy atom. The topological polar surface area (TPSA) is 148 Å². The van der Waals surface area contributed by atoms with Gasteiger partial charge in [0.1, 0.15) is 29.3 Å². The number of benzene rings is 2. The van der Waals surface area contributed by atoms with E-state index in [1.807, 2.05) is 60.1 Å². The molecule has 4 N–H and O–H groups in total. The summed E-state index contributed by atoms with van der Waals surface area (Å²) in [7, 11) is 3.50. The molecule has 0 radical (unpaired) electrons. The third kappa shape index (κ3) is 9.12. The lowest BCUT2D eigenvalue weighted by Crippen LogP contribution is -2.52. The average Bonchev–Trinajstić information content (AvgIpc) is 3.87. The first-order valence-electron chi connectivity index (χ1n) is 24.3. The van der Waals surface area contributed by atoms with Crippen LogP contribution in [0.2, 0.25) is 0 Å². The Kier molecular flexibility index (Phi) is 13.0. The number of hydrogen-bond donors (Lipinski definition) is 3. The van der Waals surface area contributed by atoms with Crippen molar-refractivity contribution in [1.29, 1.82) is 0 Å². The molecule has 1 saturated heterocycles. The van der Waals surface area contributed by atoms with Gasteiger partial charge in [0.25, 0.3) is 5.91 Å². The van der Waals surface area contributed by atoms with Crippen molar-refractivity contribution in [2.45, 2.75) is 110 Å². The van der Waals surface area contributed by atoms with E-state index in [0.29, 0.717) is 40.1 Å². The van der Waals surface area contributed by atoms with Crippen molar-refractivity contribution in [3.63, 3.8) is 0 Å². The highest BCUT2D eigenvalue weighted by atomic mass is 16.5. The summed E-state index contributed by atoms with van der Waals surface area (Å²) in [6.07, 6.45) is 16.2. The average molecular weight is 871 g/mol. The van der Waals surface area contributed by atoms with Gasteiger partial charge in [-0.2, -0.15) is 5.10 Å². The molecule has 3 saturated carbocycles. The van der Waals surface area contributed by atoms with E-state index in [1.54, 1.807) is 7.11 Å². The zero-order valence-corrected chi connectivity index (χ0v) is 38.8. The number of carbonyl (C=O) groups is 2. The fraction of sp³-hybridized carbons (Fsp3) is 0.588. The number of rotatable bonds is 14. The van der Waals surface area contributed by atoms with Crippen LogP contribution in [-0.2, 0) is 11.8 Å². The van der Waals surface area contributed by atoms with Crippen LogP contribution in [0.1, 0.15) is 114 Å². The number of methoxy groups -OCH3 is 1. The molecule has 4 heterocycles. The standard InChI is InChI=1S/C51H70N10O3/c1-6-35-26-36-25-33(2)29-51(30-35,31-36)18-17-34(3)49(62)53-19-20-59-21-23-60(24-22-59)39-12-14-40(15-13-39)61-48-45(47(52)54-32-55-48)46(57-61)38-11-16-41(44(28-38)64-5)56-50(63)43-27-37-9-7-8-10-42(37)58(43)4/h7-11,16,27-28,32-36,39-40H,6,12-15,17-26,29-31H2,1-5H3,(H,53,62)(H,56,63)(H2,52,54,55). The molecule has 342 valence electrons. The van der Waals surface area contributed by atoms with E-state index in [-0.39, 0.29) is 23.8 Å². The molecule has 5 unspecified atom stereocenters. The van der Waals surface area contributed by atoms with Crippen LogP contribution >= 0.6 is 0 Å². The monoisotopic (exact) mass is 871 g/mol. The summed E-state index contributed by atoms with van der Waals surface area (Å²) in [4.78, 5) is 41.0. The minimum atomic E-state index is -0.221. The highest BCUT2D eigenvalue weighted by Crippen LogP contribution is 2.56. The molecule has 9 rings (SSSR count). The van der Waals surface area contributed by atoms with Crippen LogP contribution < -0.4 is 21.1 Å². The largest absolute Gasteiger partial charge is 0.495 e. The van der Waals surface area contributed by atoms with Gasteiger partial charge < -0.3 is 25.7 Å². The molecular formula is C51H70N10O3. The Hall–Kier alpha value is -5.01. The number of hydrogen-bond acceptors (Lipinski definition) is 9. The molecule has 2 aromatic carbocycles. The number of aryl methyl sites for hydroxylation is 1. The molecule has 13 nitrogen and oxygen atoms in total. The second kappa shape index (κ2) is 18.8. The zero-order valence-electron chi connectivity index (χ0n) is 38.8. The number of para-hydroxylation sites is 1. The van der Waals surface area contributed by atoms with Crippen molar-refractivity contribution in [3.05, 3.63) is 60.6 Å². The lowest BCUT2D eigenvalue weighted by Gasteiger charge is -2.51. The van der Waals surface area contributed by atoms with E-state index in [1.165, 1.54) is 51.3 Å². The number of aromatic nitrogens is 5. The summed E-state index contributed by atoms with van der Waals surface area (Å²) >= 11 is 0. The fourth-order valence-corrected chi connectivity index (χ4v) is 12.6. The number of nitrogen functional groups attached to an aromatic ring is 1. The number of piperazine rings is 1. The first-order valence-corrected chi connectivity index (χ1v) is 24.3. The number of ether oxygens (including phenoxy) is 1. The van der Waals surface area contributed by atoms with Gasteiger partial charge in [-0.25, -0.2) is 14.6 Å². The number of nitrogens with zero attached hydrogens (tertiary/aromatic N) is 7. The van der Waals surface area contributed by atoms with Gasteiger partial charge in [-0.05, 0) is 118 Å². The highest BCUT2D eigenvalue weighted by molar-refractivity contribution is 6.07. The van der Waals surface area contributed by atoms with Crippen LogP contribution in [0.25, 0.3) is 33.2 Å². The van der Waals surface area contributed by atoms with Gasteiger partial charge in [0.2, 0.25) is 5.91 Å². The quantitative estimate of drug-likeness (QED) is 0.0997. The second-order valence-corrected chi connectivity index (χ2v) is 20.2. The molecule has 5 aromatic rings. The van der Waals surface area contributed by atoms with Crippen molar-refractivity contribution in [2.24, 2.45) is 36.1 Å². The minimum Gasteiger partial charge on any atom is -0.495 e. The number of fused-ring (bicyclic) bond motifs is 4. The van der Waals surface area contributed by atoms with E-state index in [9.17, 15) is 9.59 Å². The Morgan fingerprint density at radius 3 is 2.52 bits per heavy atom. The first-order chi connectivity index (χ1) is 31.0. The van der Waals surface area contributed by atoms with Crippen molar-refractivity contribution >= 4 is 45.3 Å². The van der Waals surface area contributed by atoms with Crippen molar-refractivity contribution in [3.8, 4) is 17.0 Å². The van der Waals surface area contributed by atoms with Crippen molar-refractivity contribution < 1.29 is 14.3 Å². The van der Waals surface area contributed by atoms with Gasteiger partial charge in [-0.1, -0.05) is 51.5 Å². The summed E-state index contributed by atoms with van der Waals surface area (Å²) in [6, 6.07) is 16.3. The molecule has 13 heteroatoms. The molecule has 0 spiro atoms. The SMILES string of the molecule is CCC1CC2CC(C)CC(CCC(C)C(=O)NCCN3CCN(C4CCC(n5nc(-c6ccc(NC(=O)c7cc8ccccc8n7C)c(OC)c6)c6c(N)ncnc65)CC4)CC3)(C1)C2. The number of anilines is 2. The van der Waals surface area contributed by atoms with Crippen molar-refractivity contribution in [1.82, 2.24) is 39.4 Å². The Morgan fingerprint density at radius 1 is 0.969 bits per heavy atom. The molecule has 2 amide bonds. The molecular weight excluding hydrogens is 801 g/mol. The number of amides is 2. The maximum absolute atomic E-state index is 13.5. The van der Waals surface area contributed by atoms with Crippen LogP contribution in [0, 0.1) is 29.1 Å². The van der Waals surface area contributed by atoms with Gasteiger partial charge in [0.15, 0.2) is 5.65 Å².